The summed E-state index contributed by atoms with van der Waals surface area (Å²) in [7, 11) is 0. The van der Waals surface area contributed by atoms with Gasteiger partial charge in [0.25, 0.3) is 0 Å². The molecular weight excluding hydrogens is 563 g/mol. The molecule has 0 bridgehead atoms. The third-order valence-electron chi connectivity index (χ3n) is 5.99. The molecule has 0 saturated carbocycles. The van der Waals surface area contributed by atoms with Crippen LogP contribution in [-0.2, 0) is 17.9 Å². The summed E-state index contributed by atoms with van der Waals surface area (Å²) in [5, 5.41) is 21.8. The van der Waals surface area contributed by atoms with E-state index < -0.39 is 5.97 Å². The summed E-state index contributed by atoms with van der Waals surface area (Å²) < 4.78 is 3.95. The van der Waals surface area contributed by atoms with Crippen LogP contribution in [0.25, 0.3) is 28.4 Å². The van der Waals surface area contributed by atoms with Gasteiger partial charge in [-0.2, -0.15) is 0 Å². The Kier molecular flexibility index (Phi) is 7.81. The van der Waals surface area contributed by atoms with Gasteiger partial charge in [-0.25, -0.2) is 4.79 Å². The van der Waals surface area contributed by atoms with Crippen molar-refractivity contribution in [3.63, 3.8) is 0 Å². The molecule has 0 saturated heterocycles. The molecule has 0 radical (unpaired) electrons. The largest absolute Gasteiger partial charge is 0.477 e. The highest BCUT2D eigenvalue weighted by atomic mass is 35.5. The van der Waals surface area contributed by atoms with Gasteiger partial charge in [0, 0.05) is 46.3 Å². The molecule has 0 amide bonds. The van der Waals surface area contributed by atoms with Crippen LogP contribution < -0.4 is 0 Å². The van der Waals surface area contributed by atoms with Crippen molar-refractivity contribution in [1.29, 1.82) is 0 Å². The molecule has 0 fully saturated rings. The molecule has 1 N–H and O–H groups in total. The Morgan fingerprint density at radius 1 is 1.00 bits per heavy atom. The van der Waals surface area contributed by atoms with Crippen molar-refractivity contribution in [3.05, 3.63) is 104 Å². The SMILES string of the molecule is CCn1c(S/C(=C\c2cn(Cc3ccc(Cl)c(Cl)c3)c3ccccc23)C(=O)O)nnc1-c1ccc(Cl)cc1. The first-order valence-electron chi connectivity index (χ1n) is 11.7. The van der Waals surface area contributed by atoms with Crippen molar-refractivity contribution in [1.82, 2.24) is 19.3 Å². The number of carboxylic acid groups (broad SMARTS) is 1. The van der Waals surface area contributed by atoms with Gasteiger partial charge in [-0.1, -0.05) is 59.1 Å². The van der Waals surface area contributed by atoms with E-state index in [0.29, 0.717) is 39.1 Å². The number of thioether (sulfide) groups is 1. The van der Waals surface area contributed by atoms with Crippen LogP contribution in [0, 0.1) is 0 Å². The van der Waals surface area contributed by atoms with Crippen LogP contribution in [0.1, 0.15) is 18.1 Å². The number of carboxylic acids is 1. The standard InChI is InChI=1S/C28H21Cl3N4O2S/c1-2-35-26(18-8-10-20(29)11-9-18)32-33-28(35)38-25(27(36)37)14-19-16-34(24-6-4-3-5-21(19)24)15-17-7-12-22(30)23(31)13-17/h3-14,16H,2,15H2,1H3,(H,36,37)/b25-14-. The van der Waals surface area contributed by atoms with Crippen LogP contribution in [0.15, 0.2) is 83.0 Å². The van der Waals surface area contributed by atoms with Gasteiger partial charge in [-0.15, -0.1) is 10.2 Å². The van der Waals surface area contributed by atoms with Crippen LogP contribution in [0.4, 0.5) is 0 Å². The monoisotopic (exact) mass is 582 g/mol. The molecule has 0 aliphatic rings. The third-order valence-corrected chi connectivity index (χ3v) is 7.98. The van der Waals surface area contributed by atoms with Crippen LogP contribution in [0.2, 0.25) is 15.1 Å². The van der Waals surface area contributed by atoms with E-state index in [9.17, 15) is 9.90 Å². The van der Waals surface area contributed by atoms with Crippen LogP contribution in [0.5, 0.6) is 0 Å². The minimum Gasteiger partial charge on any atom is -0.477 e. The van der Waals surface area contributed by atoms with E-state index in [1.807, 2.05) is 66.2 Å². The Morgan fingerprint density at radius 3 is 2.47 bits per heavy atom. The van der Waals surface area contributed by atoms with Crippen molar-refractivity contribution >= 4 is 69.5 Å². The lowest BCUT2D eigenvalue weighted by Gasteiger charge is -2.08. The van der Waals surface area contributed by atoms with E-state index in [1.54, 1.807) is 24.3 Å². The summed E-state index contributed by atoms with van der Waals surface area (Å²) in [5.41, 5.74) is 3.59. The molecular formula is C28H21Cl3N4O2S. The summed E-state index contributed by atoms with van der Waals surface area (Å²) in [6, 6.07) is 20.7. The fourth-order valence-electron chi connectivity index (χ4n) is 4.19. The number of carbonyl (C=O) groups is 1. The Labute approximate surface area is 238 Å². The predicted molar refractivity (Wildman–Crippen MR) is 155 cm³/mol. The molecule has 0 atom stereocenters. The van der Waals surface area contributed by atoms with E-state index in [2.05, 4.69) is 14.8 Å². The first kappa shape index (κ1) is 26.4. The van der Waals surface area contributed by atoms with Gasteiger partial charge in [-0.05, 0) is 72.8 Å². The smallest absolute Gasteiger partial charge is 0.342 e. The van der Waals surface area contributed by atoms with Gasteiger partial charge in [0.1, 0.15) is 4.91 Å². The zero-order valence-electron chi connectivity index (χ0n) is 20.1. The minimum absolute atomic E-state index is 0.132. The summed E-state index contributed by atoms with van der Waals surface area (Å²) in [4.78, 5) is 12.5. The summed E-state index contributed by atoms with van der Waals surface area (Å²) in [6.07, 6.45) is 3.62. The average molecular weight is 584 g/mol. The summed E-state index contributed by atoms with van der Waals surface area (Å²) >= 11 is 19.4. The van der Waals surface area contributed by atoms with Crippen molar-refractivity contribution < 1.29 is 9.90 Å². The number of hydrogen-bond acceptors (Lipinski definition) is 4. The maximum Gasteiger partial charge on any atom is 0.342 e. The van der Waals surface area contributed by atoms with E-state index in [-0.39, 0.29) is 4.91 Å². The third kappa shape index (κ3) is 5.47. The molecule has 6 nitrogen and oxygen atoms in total. The fourth-order valence-corrected chi connectivity index (χ4v) is 5.52. The second-order valence-corrected chi connectivity index (χ2v) is 10.7. The van der Waals surface area contributed by atoms with Gasteiger partial charge >= 0.3 is 5.97 Å². The van der Waals surface area contributed by atoms with Gasteiger partial charge in [-0.3, -0.25) is 0 Å². The fraction of sp³-hybridized carbons (Fsp3) is 0.107. The lowest BCUT2D eigenvalue weighted by atomic mass is 10.1. The molecule has 3 aromatic carbocycles. The van der Waals surface area contributed by atoms with Gasteiger partial charge < -0.3 is 14.2 Å². The lowest BCUT2D eigenvalue weighted by molar-refractivity contribution is -0.131. The summed E-state index contributed by atoms with van der Waals surface area (Å²) in [6.45, 7) is 3.09. The van der Waals surface area contributed by atoms with Crippen molar-refractivity contribution in [3.8, 4) is 11.4 Å². The molecule has 10 heteroatoms. The number of aliphatic carboxylic acids is 1. The number of fused-ring (bicyclic) bond motifs is 1. The number of para-hydroxylation sites is 1. The molecule has 5 aromatic rings. The van der Waals surface area contributed by atoms with Crippen molar-refractivity contribution in [2.75, 3.05) is 0 Å². The predicted octanol–water partition coefficient (Wildman–Crippen LogP) is 8.15. The first-order valence-corrected chi connectivity index (χ1v) is 13.6. The topological polar surface area (TPSA) is 72.9 Å². The van der Waals surface area contributed by atoms with Crippen molar-refractivity contribution in [2.45, 2.75) is 25.2 Å². The highest BCUT2D eigenvalue weighted by Gasteiger charge is 2.19. The number of aromatic nitrogens is 4. The average Bonchev–Trinajstić information content (AvgIpc) is 3.47. The quantitative estimate of drug-likeness (QED) is 0.147. The molecule has 38 heavy (non-hydrogen) atoms. The molecule has 0 aliphatic heterocycles. The van der Waals surface area contributed by atoms with Gasteiger partial charge in [0.05, 0.1) is 10.0 Å². The van der Waals surface area contributed by atoms with E-state index >= 15 is 0 Å². The van der Waals surface area contributed by atoms with E-state index in [4.69, 9.17) is 34.8 Å². The maximum atomic E-state index is 12.3. The molecule has 0 spiro atoms. The first-order chi connectivity index (χ1) is 18.3. The molecule has 192 valence electrons. The Morgan fingerprint density at radius 2 is 1.76 bits per heavy atom. The second kappa shape index (κ2) is 11.3. The van der Waals surface area contributed by atoms with E-state index in [0.717, 1.165) is 39.4 Å². The van der Waals surface area contributed by atoms with Crippen LogP contribution in [-0.4, -0.2) is 30.4 Å². The molecule has 2 aromatic heterocycles. The Hall–Kier alpha value is -3.23. The van der Waals surface area contributed by atoms with Crippen LogP contribution in [0.3, 0.4) is 0 Å². The molecule has 2 heterocycles. The van der Waals surface area contributed by atoms with Crippen LogP contribution >= 0.6 is 46.6 Å². The zero-order chi connectivity index (χ0) is 26.8. The number of halogens is 3. The highest BCUT2D eigenvalue weighted by Crippen LogP contribution is 2.33. The zero-order valence-corrected chi connectivity index (χ0v) is 23.2. The minimum atomic E-state index is -1.05. The summed E-state index contributed by atoms with van der Waals surface area (Å²) in [5.74, 6) is -0.398. The number of benzene rings is 3. The van der Waals surface area contributed by atoms with Gasteiger partial charge in [0.2, 0.25) is 0 Å². The normalized spacial score (nSPS) is 11.8. The Bertz CT molecular complexity index is 1680. The van der Waals surface area contributed by atoms with E-state index in [1.165, 1.54) is 0 Å². The molecule has 0 aliphatic carbocycles. The maximum absolute atomic E-state index is 12.3. The van der Waals surface area contributed by atoms with Gasteiger partial charge in [0.15, 0.2) is 11.0 Å². The number of nitrogens with zero attached hydrogens (tertiary/aromatic N) is 4. The second-order valence-electron chi connectivity index (χ2n) is 8.45. The number of rotatable bonds is 8. The lowest BCUT2D eigenvalue weighted by Crippen LogP contribution is -2.02. The Balaban J connectivity index is 1.51. The molecule has 5 rings (SSSR count). The number of hydrogen-bond donors (Lipinski definition) is 1. The molecule has 0 unspecified atom stereocenters. The van der Waals surface area contributed by atoms with Crippen molar-refractivity contribution in [2.24, 2.45) is 0 Å². The highest BCUT2D eigenvalue weighted by molar-refractivity contribution is 8.04.